The minimum atomic E-state index is -0.290. The van der Waals surface area contributed by atoms with Gasteiger partial charge in [0.05, 0.1) is 18.4 Å². The second-order valence-electron chi connectivity index (χ2n) is 6.26. The number of aromatic nitrogens is 2. The lowest BCUT2D eigenvalue weighted by molar-refractivity contribution is -0.137. The summed E-state index contributed by atoms with van der Waals surface area (Å²) in [5.41, 5.74) is 4.07. The highest BCUT2D eigenvalue weighted by atomic mass is 32.2. The number of benzene rings is 2. The van der Waals surface area contributed by atoms with Gasteiger partial charge in [-0.1, -0.05) is 59.8 Å². The van der Waals surface area contributed by atoms with Gasteiger partial charge in [-0.3, -0.25) is 4.79 Å². The summed E-state index contributed by atoms with van der Waals surface area (Å²) in [7, 11) is 1.38. The van der Waals surface area contributed by atoms with Crippen LogP contribution in [0.1, 0.15) is 16.7 Å². The van der Waals surface area contributed by atoms with E-state index in [1.807, 2.05) is 42.5 Å². The number of carbonyl (C=O) groups is 1. The Morgan fingerprint density at radius 3 is 2.78 bits per heavy atom. The molecule has 6 heteroatoms. The molecule has 0 N–H and O–H groups in total. The van der Waals surface area contributed by atoms with E-state index in [1.54, 1.807) is 0 Å². The lowest BCUT2D eigenvalue weighted by atomic mass is 10.0. The van der Waals surface area contributed by atoms with Crippen LogP contribution in [0.2, 0.25) is 0 Å². The van der Waals surface area contributed by atoms with Gasteiger partial charge in [-0.15, -0.1) is 0 Å². The molecular weight excluding hydrogens is 360 g/mol. The average molecular weight is 378 g/mol. The number of methoxy groups -OCH3 is 1. The molecule has 3 aromatic rings. The number of rotatable bonds is 4. The number of nitrogens with zero attached hydrogens (tertiary/aromatic N) is 2. The smallest absolute Gasteiger partial charge is 0.316 e. The van der Waals surface area contributed by atoms with Crippen molar-refractivity contribution >= 4 is 17.7 Å². The van der Waals surface area contributed by atoms with E-state index in [9.17, 15) is 4.79 Å². The van der Waals surface area contributed by atoms with Crippen LogP contribution in [-0.2, 0) is 16.0 Å². The summed E-state index contributed by atoms with van der Waals surface area (Å²) in [5, 5.41) is 0.747. The number of aryl methyl sites for hydroxylation is 1. The summed E-state index contributed by atoms with van der Waals surface area (Å²) in [4.78, 5) is 21.0. The van der Waals surface area contributed by atoms with Crippen molar-refractivity contribution in [3.63, 3.8) is 0 Å². The van der Waals surface area contributed by atoms with Crippen molar-refractivity contribution in [1.29, 1.82) is 0 Å². The Bertz CT molecular complexity index is 1010. The Labute approximate surface area is 161 Å². The first kappa shape index (κ1) is 17.5. The molecule has 27 heavy (non-hydrogen) atoms. The van der Waals surface area contributed by atoms with Crippen LogP contribution in [0.15, 0.2) is 53.6 Å². The molecule has 2 heterocycles. The SMILES string of the molecule is COC(=O)CSc1nc(-c2ccccc2)nc2c1Cc1cc(C)ccc1O2. The molecule has 4 rings (SSSR count). The maximum absolute atomic E-state index is 11.6. The topological polar surface area (TPSA) is 61.3 Å². The van der Waals surface area contributed by atoms with E-state index < -0.39 is 0 Å². The molecule has 5 nitrogen and oxygen atoms in total. The second kappa shape index (κ2) is 7.40. The van der Waals surface area contributed by atoms with Gasteiger partial charge in [-0.25, -0.2) is 4.98 Å². The summed E-state index contributed by atoms with van der Waals surface area (Å²) in [6, 6.07) is 15.8. The number of hydrogen-bond acceptors (Lipinski definition) is 6. The molecule has 0 fully saturated rings. The largest absolute Gasteiger partial charge is 0.468 e. The minimum absolute atomic E-state index is 0.189. The number of hydrogen-bond donors (Lipinski definition) is 0. The molecule has 0 unspecified atom stereocenters. The highest BCUT2D eigenvalue weighted by Gasteiger charge is 2.24. The molecule has 0 bridgehead atoms. The molecule has 2 aromatic carbocycles. The lowest BCUT2D eigenvalue weighted by Gasteiger charge is -2.22. The predicted molar refractivity (Wildman–Crippen MR) is 104 cm³/mol. The predicted octanol–water partition coefficient (Wildman–Crippen LogP) is 4.41. The van der Waals surface area contributed by atoms with Crippen molar-refractivity contribution in [2.45, 2.75) is 18.4 Å². The van der Waals surface area contributed by atoms with E-state index >= 15 is 0 Å². The maximum Gasteiger partial charge on any atom is 0.316 e. The Balaban J connectivity index is 1.78. The molecule has 1 aliphatic rings. The van der Waals surface area contributed by atoms with Gasteiger partial charge in [0.1, 0.15) is 10.8 Å². The van der Waals surface area contributed by atoms with Gasteiger partial charge in [0, 0.05) is 12.0 Å². The fraction of sp³-hybridized carbons (Fsp3) is 0.190. The fourth-order valence-corrected chi connectivity index (χ4v) is 3.80. The van der Waals surface area contributed by atoms with Gasteiger partial charge < -0.3 is 9.47 Å². The van der Waals surface area contributed by atoms with E-state index in [4.69, 9.17) is 14.5 Å². The molecule has 0 amide bonds. The van der Waals surface area contributed by atoms with Crippen molar-refractivity contribution in [3.05, 3.63) is 65.2 Å². The Hall–Kier alpha value is -2.86. The van der Waals surface area contributed by atoms with Gasteiger partial charge in [-0.05, 0) is 18.6 Å². The first-order valence-electron chi connectivity index (χ1n) is 8.57. The second-order valence-corrected chi connectivity index (χ2v) is 7.22. The molecule has 0 saturated heterocycles. The molecule has 1 aromatic heterocycles. The molecule has 136 valence electrons. The first-order valence-corrected chi connectivity index (χ1v) is 9.56. The summed E-state index contributed by atoms with van der Waals surface area (Å²) in [6.45, 7) is 2.05. The number of carbonyl (C=O) groups excluding carboxylic acids is 1. The maximum atomic E-state index is 11.6. The summed E-state index contributed by atoms with van der Waals surface area (Å²) >= 11 is 1.35. The molecule has 0 atom stereocenters. The molecule has 0 radical (unpaired) electrons. The standard InChI is InChI=1S/C21H18N2O3S/c1-13-8-9-17-15(10-13)11-16-20(26-17)22-19(14-6-4-3-5-7-14)23-21(16)27-12-18(24)25-2/h3-10H,11-12H2,1-2H3. The Kier molecular flexibility index (Phi) is 4.81. The van der Waals surface area contributed by atoms with Crippen LogP contribution in [0.4, 0.5) is 0 Å². The third-order valence-corrected chi connectivity index (χ3v) is 5.30. The van der Waals surface area contributed by atoms with Crippen LogP contribution >= 0.6 is 11.8 Å². The summed E-state index contributed by atoms with van der Waals surface area (Å²) in [6.07, 6.45) is 0.672. The third kappa shape index (κ3) is 3.66. The minimum Gasteiger partial charge on any atom is -0.468 e. The van der Waals surface area contributed by atoms with Gasteiger partial charge in [0.2, 0.25) is 5.88 Å². The molecular formula is C21H18N2O3S. The van der Waals surface area contributed by atoms with Crippen molar-refractivity contribution < 1.29 is 14.3 Å². The Morgan fingerprint density at radius 1 is 1.19 bits per heavy atom. The fourth-order valence-electron chi connectivity index (χ4n) is 2.94. The van der Waals surface area contributed by atoms with Crippen molar-refractivity contribution in [2.75, 3.05) is 12.9 Å². The molecule has 1 aliphatic heterocycles. The van der Waals surface area contributed by atoms with Crippen LogP contribution in [0, 0.1) is 6.92 Å². The summed E-state index contributed by atoms with van der Waals surface area (Å²) < 4.78 is 10.9. The zero-order chi connectivity index (χ0) is 18.8. The molecule has 0 spiro atoms. The highest BCUT2D eigenvalue weighted by molar-refractivity contribution is 7.99. The third-order valence-electron chi connectivity index (χ3n) is 4.31. The van der Waals surface area contributed by atoms with E-state index in [1.165, 1.54) is 24.4 Å². The van der Waals surface area contributed by atoms with Crippen molar-refractivity contribution in [3.8, 4) is 23.0 Å². The zero-order valence-electron chi connectivity index (χ0n) is 15.1. The van der Waals surface area contributed by atoms with Crippen LogP contribution in [0.25, 0.3) is 11.4 Å². The monoisotopic (exact) mass is 378 g/mol. The van der Waals surface area contributed by atoms with E-state index in [0.29, 0.717) is 18.1 Å². The van der Waals surface area contributed by atoms with Crippen molar-refractivity contribution in [2.24, 2.45) is 0 Å². The lowest BCUT2D eigenvalue weighted by Crippen LogP contribution is -2.10. The zero-order valence-corrected chi connectivity index (χ0v) is 15.9. The molecule has 0 aliphatic carbocycles. The highest BCUT2D eigenvalue weighted by Crippen LogP contribution is 2.40. The van der Waals surface area contributed by atoms with Crippen molar-refractivity contribution in [1.82, 2.24) is 9.97 Å². The Morgan fingerprint density at radius 2 is 2.00 bits per heavy atom. The summed E-state index contributed by atoms with van der Waals surface area (Å²) in [5.74, 6) is 1.84. The van der Waals surface area contributed by atoms with Gasteiger partial charge in [-0.2, -0.15) is 4.98 Å². The van der Waals surface area contributed by atoms with E-state index in [-0.39, 0.29) is 11.7 Å². The average Bonchev–Trinajstić information content (AvgIpc) is 2.70. The normalized spacial score (nSPS) is 11.9. The molecule has 0 saturated carbocycles. The number of fused-ring (bicyclic) bond motifs is 2. The van der Waals surface area contributed by atoms with Gasteiger partial charge >= 0.3 is 5.97 Å². The number of thioether (sulfide) groups is 1. The quantitative estimate of drug-likeness (QED) is 0.298. The van der Waals surface area contributed by atoms with Crippen LogP contribution in [0.3, 0.4) is 0 Å². The van der Waals surface area contributed by atoms with E-state index in [2.05, 4.69) is 18.0 Å². The van der Waals surface area contributed by atoms with Crippen LogP contribution in [0.5, 0.6) is 11.6 Å². The van der Waals surface area contributed by atoms with Gasteiger partial charge in [0.25, 0.3) is 0 Å². The number of esters is 1. The number of ether oxygens (including phenoxy) is 2. The first-order chi connectivity index (χ1) is 13.1. The van der Waals surface area contributed by atoms with Crippen LogP contribution in [-0.4, -0.2) is 28.8 Å². The van der Waals surface area contributed by atoms with Crippen LogP contribution < -0.4 is 4.74 Å². The van der Waals surface area contributed by atoms with E-state index in [0.717, 1.165) is 27.5 Å². The van der Waals surface area contributed by atoms with Gasteiger partial charge in [0.15, 0.2) is 5.82 Å².